The van der Waals surface area contributed by atoms with Crippen LogP contribution in [0.3, 0.4) is 0 Å². The molecule has 0 aromatic carbocycles. The van der Waals surface area contributed by atoms with Gasteiger partial charge in [0.05, 0.1) is 12.1 Å². The van der Waals surface area contributed by atoms with Crippen LogP contribution in [0.5, 0.6) is 0 Å². The molecule has 3 unspecified atom stereocenters. The summed E-state index contributed by atoms with van der Waals surface area (Å²) in [5, 5.41) is 27.6. The Morgan fingerprint density at radius 1 is 0.844 bits per heavy atom. The molecule has 1 heterocycles. The molecule has 1 saturated heterocycles. The first-order valence-corrected chi connectivity index (χ1v) is 12.3. The third-order valence-corrected chi connectivity index (χ3v) is 7.51. The van der Waals surface area contributed by atoms with E-state index in [1.165, 1.54) is 0 Å². The van der Waals surface area contributed by atoms with Crippen LogP contribution in [0.15, 0.2) is 0 Å². The lowest BCUT2D eigenvalue weighted by Gasteiger charge is -2.28. The van der Waals surface area contributed by atoms with Crippen LogP contribution in [0.1, 0.15) is 44.9 Å². The average Bonchev–Trinajstić information content (AvgIpc) is 2.89. The molecule has 1 saturated carbocycles. The number of esters is 2. The highest BCUT2D eigenvalue weighted by molar-refractivity contribution is 7.87. The molecule has 0 bridgehead atoms. The first-order valence-electron chi connectivity index (χ1n) is 9.29. The predicted octanol–water partition coefficient (Wildman–Crippen LogP) is 0.324. The van der Waals surface area contributed by atoms with Crippen molar-refractivity contribution in [2.75, 3.05) is 0 Å². The van der Waals surface area contributed by atoms with Gasteiger partial charge in [-0.1, -0.05) is 12.8 Å². The topological polar surface area (TPSA) is 257 Å². The van der Waals surface area contributed by atoms with Crippen molar-refractivity contribution in [2.45, 2.75) is 55.4 Å². The molecule has 6 N–H and O–H groups in total. The van der Waals surface area contributed by atoms with Gasteiger partial charge in [0.2, 0.25) is 5.90 Å². The average molecular weight is 495 g/mol. The van der Waals surface area contributed by atoms with Crippen molar-refractivity contribution in [1.29, 1.82) is 21.6 Å². The first kappa shape index (κ1) is 25.7. The van der Waals surface area contributed by atoms with Crippen LogP contribution in [0, 0.1) is 27.1 Å². The number of carbonyl (C=O) groups excluding carboxylic acids is 2. The number of ether oxygens (including phenoxy) is 2. The highest BCUT2D eigenvalue weighted by Crippen LogP contribution is 2.41. The Balaban J connectivity index is 2.50. The minimum Gasteiger partial charge on any atom is -0.412 e. The molecular formula is C16H22N4O10S2. The van der Waals surface area contributed by atoms with Gasteiger partial charge in [-0.2, -0.15) is 16.8 Å². The molecule has 1 aliphatic carbocycles. The third kappa shape index (κ3) is 5.25. The Morgan fingerprint density at radius 3 is 1.97 bits per heavy atom. The van der Waals surface area contributed by atoms with E-state index in [2.05, 4.69) is 4.74 Å². The van der Waals surface area contributed by atoms with E-state index in [1.54, 1.807) is 0 Å². The normalized spacial score (nSPS) is 29.6. The molecule has 2 aliphatic rings. The van der Waals surface area contributed by atoms with E-state index in [1.807, 2.05) is 0 Å². The Hall–Kier alpha value is -2.56. The molecule has 0 aromatic heterocycles. The van der Waals surface area contributed by atoms with Gasteiger partial charge in [0.15, 0.2) is 11.1 Å². The van der Waals surface area contributed by atoms with Crippen LogP contribution >= 0.6 is 0 Å². The Morgan fingerprint density at radius 2 is 1.44 bits per heavy atom. The summed E-state index contributed by atoms with van der Waals surface area (Å²) >= 11 is 0. The second kappa shape index (κ2) is 9.13. The lowest BCUT2D eigenvalue weighted by atomic mass is 9.78. The summed E-state index contributed by atoms with van der Waals surface area (Å²) in [4.78, 5) is 24.8. The van der Waals surface area contributed by atoms with Crippen molar-refractivity contribution in [1.82, 2.24) is 0 Å². The van der Waals surface area contributed by atoms with Crippen molar-refractivity contribution in [3.63, 3.8) is 0 Å². The number of carbonyl (C=O) groups is 2. The molecule has 14 nitrogen and oxygen atoms in total. The van der Waals surface area contributed by atoms with Gasteiger partial charge in [-0.25, -0.2) is 0 Å². The van der Waals surface area contributed by atoms with E-state index in [0.29, 0.717) is 0 Å². The molecule has 0 radical (unpaired) electrons. The lowest BCUT2D eigenvalue weighted by Crippen LogP contribution is -2.47. The molecule has 0 amide bonds. The minimum absolute atomic E-state index is 0.0951. The number of nitrogens with one attached hydrogen (secondary N) is 4. The monoisotopic (exact) mass is 494 g/mol. The van der Waals surface area contributed by atoms with E-state index in [9.17, 15) is 35.5 Å². The summed E-state index contributed by atoms with van der Waals surface area (Å²) in [5.74, 6) is -4.63. The van der Waals surface area contributed by atoms with Crippen molar-refractivity contribution in [2.24, 2.45) is 5.41 Å². The zero-order chi connectivity index (χ0) is 24.5. The number of hydrogen-bond acceptors (Lipinski definition) is 12. The van der Waals surface area contributed by atoms with Crippen molar-refractivity contribution in [3.8, 4) is 0 Å². The number of cyclic esters (lactones) is 2. The highest BCUT2D eigenvalue weighted by atomic mass is 32.2. The van der Waals surface area contributed by atoms with Crippen molar-refractivity contribution < 1.29 is 45.0 Å². The van der Waals surface area contributed by atoms with Crippen molar-refractivity contribution in [3.05, 3.63) is 0 Å². The lowest BCUT2D eigenvalue weighted by molar-refractivity contribution is -0.141. The van der Waals surface area contributed by atoms with Gasteiger partial charge in [-0.15, -0.1) is 0 Å². The maximum absolute atomic E-state index is 13.0. The first-order chi connectivity index (χ1) is 14.6. The van der Waals surface area contributed by atoms with Gasteiger partial charge in [-0.3, -0.25) is 29.5 Å². The molecule has 2 fully saturated rings. The molecule has 1 spiro atoms. The fourth-order valence-electron chi connectivity index (χ4n) is 3.59. The summed E-state index contributed by atoms with van der Waals surface area (Å²) in [6.07, 6.45) is -1.64. The summed E-state index contributed by atoms with van der Waals surface area (Å²) in [6.45, 7) is 0. The van der Waals surface area contributed by atoms with E-state index in [0.717, 1.165) is 0 Å². The quantitative estimate of drug-likeness (QED) is 0.226. The van der Waals surface area contributed by atoms with E-state index in [4.69, 9.17) is 26.4 Å². The van der Waals surface area contributed by atoms with Gasteiger partial charge in [0.25, 0.3) is 20.2 Å². The van der Waals surface area contributed by atoms with Crippen LogP contribution in [0.2, 0.25) is 0 Å². The Bertz CT molecular complexity index is 1100. The fraction of sp³-hybridized carbons (Fsp3) is 0.625. The molecular weight excluding hydrogens is 472 g/mol. The molecule has 16 heteroatoms. The summed E-state index contributed by atoms with van der Waals surface area (Å²) in [7, 11) is -9.99. The fourth-order valence-corrected chi connectivity index (χ4v) is 5.15. The van der Waals surface area contributed by atoms with Gasteiger partial charge in [-0.05, 0) is 12.8 Å². The maximum atomic E-state index is 13.0. The van der Waals surface area contributed by atoms with Gasteiger partial charge >= 0.3 is 11.9 Å². The van der Waals surface area contributed by atoms with Crippen LogP contribution in [0.25, 0.3) is 0 Å². The molecule has 32 heavy (non-hydrogen) atoms. The van der Waals surface area contributed by atoms with Crippen LogP contribution < -0.4 is 0 Å². The minimum atomic E-state index is -5.13. The predicted molar refractivity (Wildman–Crippen MR) is 109 cm³/mol. The second-order valence-electron chi connectivity index (χ2n) is 7.42. The summed E-state index contributed by atoms with van der Waals surface area (Å²) in [6, 6.07) is 0. The zero-order valence-electron chi connectivity index (χ0n) is 16.6. The standard InChI is InChI=1S/C16H22N4O10S2/c17-10-6-8(31(23,24)25)13(19)16(10)5-3-1-2-4-12(21)29-11(18)7-9(32(26,27)28)14(20)30-15(16)22/h8-9,17-20H,1-7H2,(H,23,24,25)(H,26,27,28). The molecule has 3 atom stereocenters. The summed E-state index contributed by atoms with van der Waals surface area (Å²) in [5.41, 5.74) is -3.72. The largest absolute Gasteiger partial charge is 0.412 e. The van der Waals surface area contributed by atoms with E-state index < -0.39 is 84.2 Å². The molecule has 1 aliphatic heterocycles. The number of rotatable bonds is 2. The second-order valence-corrected chi connectivity index (χ2v) is 10.6. The van der Waals surface area contributed by atoms with Crippen LogP contribution in [0.4, 0.5) is 0 Å². The highest BCUT2D eigenvalue weighted by Gasteiger charge is 2.59. The van der Waals surface area contributed by atoms with Gasteiger partial charge in [0.1, 0.15) is 10.7 Å². The number of hydrogen-bond donors (Lipinski definition) is 6. The van der Waals surface area contributed by atoms with Gasteiger partial charge < -0.3 is 20.3 Å². The molecule has 0 aromatic rings. The van der Waals surface area contributed by atoms with Crippen molar-refractivity contribution >= 4 is 55.4 Å². The zero-order valence-corrected chi connectivity index (χ0v) is 18.2. The molecule has 178 valence electrons. The van der Waals surface area contributed by atoms with Crippen LogP contribution in [-0.2, 0) is 39.3 Å². The third-order valence-electron chi connectivity index (χ3n) is 5.29. The van der Waals surface area contributed by atoms with Gasteiger partial charge in [0, 0.05) is 18.6 Å². The maximum Gasteiger partial charge on any atom is 0.330 e. The Kier molecular flexibility index (Phi) is 7.33. The van der Waals surface area contributed by atoms with E-state index in [-0.39, 0.29) is 32.1 Å². The summed E-state index contributed by atoms with van der Waals surface area (Å²) < 4.78 is 74.8. The Labute approximate surface area is 183 Å². The smallest absolute Gasteiger partial charge is 0.330 e. The van der Waals surface area contributed by atoms with E-state index >= 15 is 0 Å². The SMILES string of the molecule is N=C1CC(S(=O)(=O)O)C(=N)OC(=O)C2(CCCCCC(=O)O1)C(=N)CC(S(=O)(=O)O)C2=N. The van der Waals surface area contributed by atoms with Crippen LogP contribution in [-0.4, -0.2) is 71.6 Å². The molecule has 2 rings (SSSR count).